The highest BCUT2D eigenvalue weighted by Gasteiger charge is 2.29. The van der Waals surface area contributed by atoms with Crippen LogP contribution in [-0.4, -0.2) is 8.42 Å². The van der Waals surface area contributed by atoms with Gasteiger partial charge in [-0.3, -0.25) is 0 Å². The van der Waals surface area contributed by atoms with Crippen molar-refractivity contribution in [2.75, 3.05) is 0 Å². The van der Waals surface area contributed by atoms with Crippen molar-refractivity contribution in [3.05, 3.63) is 136 Å². The first kappa shape index (κ1) is 24.6. The normalized spacial score (nSPS) is 13.0. The molecule has 178 valence electrons. The Kier molecular flexibility index (Phi) is 7.29. The lowest BCUT2D eigenvalue weighted by Gasteiger charge is -2.25. The zero-order valence-electron chi connectivity index (χ0n) is 20.0. The van der Waals surface area contributed by atoms with E-state index in [1.54, 1.807) is 32.0 Å². The van der Waals surface area contributed by atoms with Crippen molar-refractivity contribution in [1.29, 1.82) is 0 Å². The highest BCUT2D eigenvalue weighted by Crippen LogP contribution is 2.35. The second-order valence-electron chi connectivity index (χ2n) is 8.68. The van der Waals surface area contributed by atoms with Crippen molar-refractivity contribution in [2.24, 2.45) is 0 Å². The Bertz CT molecular complexity index is 1440. The summed E-state index contributed by atoms with van der Waals surface area (Å²) < 4.78 is 45.6. The summed E-state index contributed by atoms with van der Waals surface area (Å²) in [6.45, 7) is 5.50. The van der Waals surface area contributed by atoms with Crippen LogP contribution in [-0.2, 0) is 10.0 Å². The molecule has 0 radical (unpaired) electrons. The average Bonchev–Trinajstić information content (AvgIpc) is 2.82. The van der Waals surface area contributed by atoms with Crippen LogP contribution in [0.1, 0.15) is 39.4 Å². The van der Waals surface area contributed by atoms with Gasteiger partial charge in [0.25, 0.3) is 0 Å². The third kappa shape index (κ3) is 5.59. The van der Waals surface area contributed by atoms with E-state index < -0.39 is 21.9 Å². The molecule has 35 heavy (non-hydrogen) atoms. The molecule has 0 saturated heterocycles. The molecule has 0 aliphatic heterocycles. The molecule has 1 unspecified atom stereocenters. The van der Waals surface area contributed by atoms with E-state index in [1.165, 1.54) is 6.07 Å². The van der Waals surface area contributed by atoms with E-state index in [1.807, 2.05) is 85.8 Å². The largest absolute Gasteiger partial charge is 0.241 e. The first-order chi connectivity index (χ1) is 16.8. The van der Waals surface area contributed by atoms with Crippen LogP contribution in [0.4, 0.5) is 4.39 Å². The lowest BCUT2D eigenvalue weighted by atomic mass is 9.91. The summed E-state index contributed by atoms with van der Waals surface area (Å²) in [6.07, 6.45) is 1.91. The number of hydrogen-bond donors (Lipinski definition) is 1. The predicted octanol–water partition coefficient (Wildman–Crippen LogP) is 7.01. The van der Waals surface area contributed by atoms with E-state index in [4.69, 9.17) is 0 Å². The van der Waals surface area contributed by atoms with Crippen LogP contribution in [0, 0.1) is 26.6 Å². The SMILES string of the molecule is Cc1cc(C)c(S(=O)(=O)NC(/C(=C/c2ccccc2)c2ccccc2)c2ccccc2F)c(C)c1. The standard InChI is InChI=1S/C30H28FNO2S/c1-21-18-22(2)30(23(3)19-21)35(33,34)32-29(26-16-10-11-17-28(26)31)27(25-14-8-5-9-15-25)20-24-12-6-4-7-13-24/h4-20,29,32H,1-3H3/b27-20+. The molecule has 0 fully saturated rings. The van der Waals surface area contributed by atoms with Crippen molar-refractivity contribution in [1.82, 2.24) is 4.72 Å². The van der Waals surface area contributed by atoms with Gasteiger partial charge in [-0.25, -0.2) is 12.8 Å². The average molecular weight is 486 g/mol. The molecule has 0 heterocycles. The van der Waals surface area contributed by atoms with E-state index in [0.29, 0.717) is 16.7 Å². The summed E-state index contributed by atoms with van der Waals surface area (Å²) in [4.78, 5) is 0.219. The van der Waals surface area contributed by atoms with Gasteiger partial charge in [-0.1, -0.05) is 96.6 Å². The fourth-order valence-electron chi connectivity index (χ4n) is 4.50. The van der Waals surface area contributed by atoms with Gasteiger partial charge in [-0.15, -0.1) is 0 Å². The van der Waals surface area contributed by atoms with Crippen molar-refractivity contribution in [3.8, 4) is 0 Å². The highest BCUT2D eigenvalue weighted by molar-refractivity contribution is 7.89. The molecule has 4 aromatic rings. The Morgan fingerprint density at radius 1 is 0.800 bits per heavy atom. The molecule has 0 aliphatic carbocycles. The van der Waals surface area contributed by atoms with Gasteiger partial charge in [0.05, 0.1) is 10.9 Å². The van der Waals surface area contributed by atoms with Gasteiger partial charge in [-0.2, -0.15) is 4.72 Å². The minimum absolute atomic E-state index is 0.219. The molecule has 4 aromatic carbocycles. The molecule has 3 nitrogen and oxygen atoms in total. The Hall–Kier alpha value is -3.54. The number of nitrogens with one attached hydrogen (secondary N) is 1. The van der Waals surface area contributed by atoms with Gasteiger partial charge in [0.1, 0.15) is 5.82 Å². The third-order valence-corrected chi connectivity index (χ3v) is 7.63. The minimum Gasteiger partial charge on any atom is -0.207 e. The van der Waals surface area contributed by atoms with Gasteiger partial charge in [0, 0.05) is 5.56 Å². The van der Waals surface area contributed by atoms with E-state index in [2.05, 4.69) is 4.72 Å². The van der Waals surface area contributed by atoms with Crippen molar-refractivity contribution < 1.29 is 12.8 Å². The summed E-state index contributed by atoms with van der Waals surface area (Å²) in [7, 11) is -4.01. The summed E-state index contributed by atoms with van der Waals surface area (Å²) >= 11 is 0. The lowest BCUT2D eigenvalue weighted by Crippen LogP contribution is -2.31. The van der Waals surface area contributed by atoms with Crippen LogP contribution >= 0.6 is 0 Å². The number of aryl methyl sites for hydroxylation is 3. The molecule has 4 rings (SSSR count). The van der Waals surface area contributed by atoms with Gasteiger partial charge >= 0.3 is 0 Å². The number of halogens is 1. The molecule has 1 N–H and O–H groups in total. The molecule has 0 aromatic heterocycles. The molecule has 0 bridgehead atoms. The van der Waals surface area contributed by atoms with E-state index >= 15 is 4.39 Å². The molecule has 0 amide bonds. The first-order valence-corrected chi connectivity index (χ1v) is 12.9. The maximum atomic E-state index is 15.2. The van der Waals surface area contributed by atoms with Gasteiger partial charge in [-0.05, 0) is 60.7 Å². The number of benzene rings is 4. The lowest BCUT2D eigenvalue weighted by molar-refractivity contribution is 0.564. The maximum Gasteiger partial charge on any atom is 0.241 e. The van der Waals surface area contributed by atoms with Crippen molar-refractivity contribution in [3.63, 3.8) is 0 Å². The summed E-state index contributed by atoms with van der Waals surface area (Å²) in [6, 6.07) is 28.1. The van der Waals surface area contributed by atoms with Crippen LogP contribution < -0.4 is 4.72 Å². The van der Waals surface area contributed by atoms with Crippen LogP contribution in [0.15, 0.2) is 102 Å². The molecule has 1 atom stereocenters. The first-order valence-electron chi connectivity index (χ1n) is 11.4. The predicted molar refractivity (Wildman–Crippen MR) is 141 cm³/mol. The summed E-state index contributed by atoms with van der Waals surface area (Å²) in [5.74, 6) is -0.479. The molecule has 5 heteroatoms. The smallest absolute Gasteiger partial charge is 0.207 e. The van der Waals surface area contributed by atoms with Crippen molar-refractivity contribution >= 4 is 21.7 Å². The Morgan fingerprint density at radius 3 is 1.94 bits per heavy atom. The zero-order valence-corrected chi connectivity index (χ0v) is 20.8. The highest BCUT2D eigenvalue weighted by atomic mass is 32.2. The fraction of sp³-hybridized carbons (Fsp3) is 0.133. The Balaban J connectivity index is 1.93. The summed E-state index contributed by atoms with van der Waals surface area (Å²) in [5, 5.41) is 0. The molecular weight excluding hydrogens is 457 g/mol. The Morgan fingerprint density at radius 2 is 1.34 bits per heavy atom. The van der Waals surface area contributed by atoms with Crippen LogP contribution in [0.25, 0.3) is 11.6 Å². The fourth-order valence-corrected chi connectivity index (χ4v) is 6.15. The van der Waals surface area contributed by atoms with E-state index in [-0.39, 0.29) is 10.5 Å². The van der Waals surface area contributed by atoms with E-state index in [0.717, 1.165) is 16.7 Å². The molecule has 0 aliphatic rings. The maximum absolute atomic E-state index is 15.2. The second kappa shape index (κ2) is 10.4. The van der Waals surface area contributed by atoms with Gasteiger partial charge in [0.2, 0.25) is 10.0 Å². The molecular formula is C30H28FNO2S. The Labute approximate surface area is 207 Å². The summed E-state index contributed by atoms with van der Waals surface area (Å²) in [5.41, 5.74) is 4.86. The number of rotatable bonds is 7. The molecule has 0 saturated carbocycles. The topological polar surface area (TPSA) is 46.2 Å². The van der Waals surface area contributed by atoms with Crippen LogP contribution in [0.5, 0.6) is 0 Å². The number of sulfonamides is 1. The van der Waals surface area contributed by atoms with Gasteiger partial charge in [0.15, 0.2) is 0 Å². The zero-order chi connectivity index (χ0) is 25.0. The van der Waals surface area contributed by atoms with E-state index in [9.17, 15) is 8.42 Å². The second-order valence-corrected chi connectivity index (χ2v) is 10.3. The number of hydrogen-bond acceptors (Lipinski definition) is 2. The van der Waals surface area contributed by atoms with Crippen molar-refractivity contribution in [2.45, 2.75) is 31.7 Å². The van der Waals surface area contributed by atoms with Crippen LogP contribution in [0.3, 0.4) is 0 Å². The quantitative estimate of drug-likeness (QED) is 0.286. The third-order valence-electron chi connectivity index (χ3n) is 5.90. The molecule has 0 spiro atoms. The monoisotopic (exact) mass is 485 g/mol. The van der Waals surface area contributed by atoms with Gasteiger partial charge < -0.3 is 0 Å². The minimum atomic E-state index is -4.01. The van der Waals surface area contributed by atoms with Crippen LogP contribution in [0.2, 0.25) is 0 Å².